The van der Waals surface area contributed by atoms with Crippen LogP contribution in [0.15, 0.2) is 0 Å². The van der Waals surface area contributed by atoms with Crippen molar-refractivity contribution in [2.45, 2.75) is 45.2 Å². The van der Waals surface area contributed by atoms with Crippen molar-refractivity contribution in [2.75, 3.05) is 6.54 Å². The topological polar surface area (TPSA) is 145 Å². The van der Waals surface area contributed by atoms with Gasteiger partial charge in [0.25, 0.3) is 5.91 Å². The van der Waals surface area contributed by atoms with Crippen LogP contribution in [0.1, 0.15) is 33.1 Å². The maximum Gasteiger partial charge on any atom is 0.418 e. The van der Waals surface area contributed by atoms with Crippen LogP contribution in [0.3, 0.4) is 0 Å². The fraction of sp³-hybridized carbons (Fsp3) is 0.750. The van der Waals surface area contributed by atoms with E-state index in [0.717, 1.165) is 4.90 Å². The number of carbonyl (C=O) groups excluding carboxylic acids is 3. The van der Waals surface area contributed by atoms with Crippen LogP contribution in [0.2, 0.25) is 0 Å². The average Bonchev–Trinajstić information content (AvgIpc) is 2.75. The van der Waals surface area contributed by atoms with Gasteiger partial charge < -0.3 is 4.90 Å². The molecular formula is C12H20N4O7S. The predicted octanol–water partition coefficient (Wildman–Crippen LogP) is -0.817. The van der Waals surface area contributed by atoms with E-state index < -0.39 is 34.4 Å². The van der Waals surface area contributed by atoms with Crippen LogP contribution in [0.25, 0.3) is 0 Å². The lowest BCUT2D eigenvalue weighted by molar-refractivity contribution is -0.133. The van der Waals surface area contributed by atoms with Crippen molar-refractivity contribution in [1.82, 2.24) is 20.8 Å². The van der Waals surface area contributed by atoms with Gasteiger partial charge in [0.1, 0.15) is 6.04 Å². The van der Waals surface area contributed by atoms with Crippen molar-refractivity contribution in [1.29, 1.82) is 0 Å². The van der Waals surface area contributed by atoms with Crippen molar-refractivity contribution >= 4 is 28.2 Å². The van der Waals surface area contributed by atoms with Gasteiger partial charge in [-0.1, -0.05) is 13.8 Å². The van der Waals surface area contributed by atoms with Crippen molar-refractivity contribution in [3.05, 3.63) is 0 Å². The number of piperidine rings is 1. The zero-order chi connectivity index (χ0) is 18.1. The molecule has 2 saturated heterocycles. The van der Waals surface area contributed by atoms with Crippen molar-refractivity contribution in [3.8, 4) is 0 Å². The zero-order valence-electron chi connectivity index (χ0n) is 13.3. The summed E-state index contributed by atoms with van der Waals surface area (Å²) in [5, 5.41) is 0.556. The molecule has 2 aliphatic rings. The van der Waals surface area contributed by atoms with Gasteiger partial charge in [0.05, 0.1) is 6.04 Å². The average molecular weight is 364 g/mol. The van der Waals surface area contributed by atoms with E-state index in [-0.39, 0.29) is 24.8 Å². The zero-order valence-corrected chi connectivity index (χ0v) is 14.1. The molecule has 2 heterocycles. The van der Waals surface area contributed by atoms with Crippen LogP contribution in [0.4, 0.5) is 4.79 Å². The van der Waals surface area contributed by atoms with E-state index in [1.165, 1.54) is 0 Å². The summed E-state index contributed by atoms with van der Waals surface area (Å²) in [6.45, 7) is 3.63. The lowest BCUT2D eigenvalue weighted by atomic mass is 10.0. The van der Waals surface area contributed by atoms with Crippen LogP contribution < -0.4 is 10.9 Å². The SMILES string of the molecule is CCC(C)C(=O)NNC(=O)[C@H]1CC[C@H]2CN1C(=O)N2OS(=O)(=O)O. The van der Waals surface area contributed by atoms with E-state index in [1.54, 1.807) is 6.92 Å². The molecule has 3 N–H and O–H groups in total. The Morgan fingerprint density at radius 1 is 1.38 bits per heavy atom. The van der Waals surface area contributed by atoms with E-state index in [0.29, 0.717) is 17.9 Å². The summed E-state index contributed by atoms with van der Waals surface area (Å²) >= 11 is 0. The maximum absolute atomic E-state index is 12.2. The summed E-state index contributed by atoms with van der Waals surface area (Å²) < 4.78 is 34.6. The molecule has 11 nitrogen and oxygen atoms in total. The monoisotopic (exact) mass is 364 g/mol. The summed E-state index contributed by atoms with van der Waals surface area (Å²) in [4.78, 5) is 37.2. The fourth-order valence-corrected chi connectivity index (χ4v) is 3.01. The number of hydrogen-bond donors (Lipinski definition) is 3. The molecule has 0 spiro atoms. The number of rotatable bonds is 5. The largest absolute Gasteiger partial charge is 0.418 e. The van der Waals surface area contributed by atoms with Gasteiger partial charge >= 0.3 is 16.4 Å². The maximum atomic E-state index is 12.2. The summed E-state index contributed by atoms with van der Waals surface area (Å²) in [5.74, 6) is -1.19. The quantitative estimate of drug-likeness (QED) is 0.427. The molecule has 2 rings (SSSR count). The smallest absolute Gasteiger partial charge is 0.309 e. The van der Waals surface area contributed by atoms with Crippen molar-refractivity contribution in [2.24, 2.45) is 5.92 Å². The van der Waals surface area contributed by atoms with E-state index in [1.807, 2.05) is 6.92 Å². The first-order chi connectivity index (χ1) is 11.1. The van der Waals surface area contributed by atoms with Crippen LogP contribution in [-0.4, -0.2) is 59.4 Å². The molecule has 2 aliphatic heterocycles. The third-order valence-corrected chi connectivity index (χ3v) is 4.52. The number of fused-ring (bicyclic) bond motifs is 2. The Kier molecular flexibility index (Phi) is 5.30. The van der Waals surface area contributed by atoms with Gasteiger partial charge in [-0.2, -0.15) is 13.5 Å². The van der Waals surface area contributed by atoms with Gasteiger partial charge in [0, 0.05) is 12.5 Å². The third kappa shape index (κ3) is 3.94. The molecule has 24 heavy (non-hydrogen) atoms. The summed E-state index contributed by atoms with van der Waals surface area (Å²) in [7, 11) is -4.83. The first-order valence-corrected chi connectivity index (χ1v) is 8.87. The minimum absolute atomic E-state index is 0.0890. The Morgan fingerprint density at radius 2 is 2.04 bits per heavy atom. The molecular weight excluding hydrogens is 344 g/mol. The Balaban J connectivity index is 1.98. The highest BCUT2D eigenvalue weighted by atomic mass is 32.3. The highest BCUT2D eigenvalue weighted by Crippen LogP contribution is 2.30. The number of carbonyl (C=O) groups is 3. The second-order valence-electron chi connectivity index (χ2n) is 5.80. The molecule has 2 fully saturated rings. The lowest BCUT2D eigenvalue weighted by Crippen LogP contribution is -2.54. The molecule has 0 saturated carbocycles. The van der Waals surface area contributed by atoms with E-state index >= 15 is 0 Å². The van der Waals surface area contributed by atoms with Gasteiger partial charge in [-0.3, -0.25) is 25.0 Å². The molecule has 3 atom stereocenters. The van der Waals surface area contributed by atoms with Crippen molar-refractivity contribution < 1.29 is 31.6 Å². The molecule has 0 aromatic rings. The Morgan fingerprint density at radius 3 is 2.62 bits per heavy atom. The molecule has 136 valence electrons. The van der Waals surface area contributed by atoms with Crippen LogP contribution in [0.5, 0.6) is 0 Å². The van der Waals surface area contributed by atoms with Gasteiger partial charge in [-0.05, 0) is 19.3 Å². The van der Waals surface area contributed by atoms with Gasteiger partial charge in [0.15, 0.2) is 0 Å². The number of hydrazine groups is 1. The number of nitrogens with zero attached hydrogens (tertiary/aromatic N) is 2. The predicted molar refractivity (Wildman–Crippen MR) is 79.1 cm³/mol. The molecule has 12 heteroatoms. The fourth-order valence-electron chi connectivity index (χ4n) is 2.62. The van der Waals surface area contributed by atoms with Crippen LogP contribution in [-0.2, 0) is 24.3 Å². The Hall–Kier alpha value is -1.92. The normalized spacial score (nSPS) is 24.7. The van der Waals surface area contributed by atoms with E-state index in [2.05, 4.69) is 15.1 Å². The highest BCUT2D eigenvalue weighted by Gasteiger charge is 2.49. The van der Waals surface area contributed by atoms with Crippen molar-refractivity contribution in [3.63, 3.8) is 0 Å². The summed E-state index contributed by atoms with van der Waals surface area (Å²) in [6, 6.07) is -2.26. The second kappa shape index (κ2) is 6.91. The molecule has 2 bridgehead atoms. The number of nitrogens with one attached hydrogen (secondary N) is 2. The summed E-state index contributed by atoms with van der Waals surface area (Å²) in [6.07, 6.45) is 1.20. The molecule has 0 aromatic carbocycles. The number of urea groups is 1. The van der Waals surface area contributed by atoms with E-state index in [9.17, 15) is 22.8 Å². The summed E-state index contributed by atoms with van der Waals surface area (Å²) in [5.41, 5.74) is 4.57. The molecule has 4 amide bonds. The lowest BCUT2D eigenvalue weighted by Gasteiger charge is -2.29. The standard InChI is InChI=1S/C12H20N4O7S/c1-3-7(2)10(17)13-14-11(18)9-5-4-8-6-15(9)12(19)16(8)23-24(20,21)22/h7-9H,3-6H2,1-2H3,(H,13,17)(H,14,18)(H,20,21,22)/t7?,8-,9+/m0/s1. The van der Waals surface area contributed by atoms with Gasteiger partial charge in [-0.15, -0.1) is 4.28 Å². The molecule has 1 unspecified atom stereocenters. The van der Waals surface area contributed by atoms with Gasteiger partial charge in [0.2, 0.25) is 5.91 Å². The molecule has 0 radical (unpaired) electrons. The Bertz CT molecular complexity index is 637. The molecule has 0 aromatic heterocycles. The molecule has 0 aliphatic carbocycles. The third-order valence-electron chi connectivity index (χ3n) is 4.17. The van der Waals surface area contributed by atoms with Gasteiger partial charge in [-0.25, -0.2) is 4.79 Å². The second-order valence-corrected chi connectivity index (χ2v) is 6.80. The number of hydrogen-bond acceptors (Lipinski definition) is 6. The Labute approximate surface area is 139 Å². The van der Waals surface area contributed by atoms with Crippen LogP contribution in [0, 0.1) is 5.92 Å². The minimum atomic E-state index is -4.83. The minimum Gasteiger partial charge on any atom is -0.309 e. The number of amides is 4. The van der Waals surface area contributed by atoms with Crippen LogP contribution >= 0.6 is 0 Å². The first-order valence-electron chi connectivity index (χ1n) is 7.50. The highest BCUT2D eigenvalue weighted by molar-refractivity contribution is 7.80. The van der Waals surface area contributed by atoms with E-state index in [4.69, 9.17) is 4.55 Å². The number of hydroxylamine groups is 2. The first kappa shape index (κ1) is 18.4.